The quantitative estimate of drug-likeness (QED) is 0.526. The lowest BCUT2D eigenvalue weighted by atomic mass is 10.1. The summed E-state index contributed by atoms with van der Waals surface area (Å²) >= 11 is 0. The van der Waals surface area contributed by atoms with Gasteiger partial charge in [0.15, 0.2) is 5.96 Å². The van der Waals surface area contributed by atoms with E-state index in [0.29, 0.717) is 6.54 Å². The van der Waals surface area contributed by atoms with Crippen molar-refractivity contribution in [3.63, 3.8) is 0 Å². The number of aromatic nitrogens is 6. The van der Waals surface area contributed by atoms with Crippen LogP contribution in [0.3, 0.4) is 0 Å². The molecule has 9 nitrogen and oxygen atoms in total. The maximum atomic E-state index is 4.33. The molecule has 2 N–H and O–H groups in total. The lowest BCUT2D eigenvalue weighted by Crippen LogP contribution is -2.46. The highest BCUT2D eigenvalue weighted by Gasteiger charge is 2.20. The molecule has 3 aromatic rings. The average molecular weight is 351 g/mol. The summed E-state index contributed by atoms with van der Waals surface area (Å²) in [6.07, 6.45) is 6.78. The van der Waals surface area contributed by atoms with E-state index in [2.05, 4.69) is 47.9 Å². The molecule has 4 rings (SSSR count). The second-order valence-corrected chi connectivity index (χ2v) is 6.17. The standard InChI is InChI=1S/C17H21N9/c1-18-17(24-14-5-6-16-21-11-23-25(16)9-14)20-8-13-3-2-4-15(7-13)26-12-19-10-22-26/h2-4,7,10-12,14H,5-6,8-9H2,1H3,(H2,18,20,24). The molecule has 134 valence electrons. The highest BCUT2D eigenvalue weighted by Crippen LogP contribution is 2.12. The Labute approximate surface area is 151 Å². The number of nitrogens with zero attached hydrogens (tertiary/aromatic N) is 7. The molecule has 0 aliphatic carbocycles. The molecule has 0 bridgehead atoms. The topological polar surface area (TPSA) is 97.8 Å². The van der Waals surface area contributed by atoms with Gasteiger partial charge in [0.25, 0.3) is 0 Å². The van der Waals surface area contributed by atoms with Crippen molar-refractivity contribution in [2.75, 3.05) is 7.05 Å². The summed E-state index contributed by atoms with van der Waals surface area (Å²) in [7, 11) is 1.78. The van der Waals surface area contributed by atoms with E-state index in [1.54, 1.807) is 24.4 Å². The van der Waals surface area contributed by atoms with Crippen molar-refractivity contribution in [3.8, 4) is 5.69 Å². The van der Waals surface area contributed by atoms with Crippen molar-refractivity contribution < 1.29 is 0 Å². The lowest BCUT2D eigenvalue weighted by molar-refractivity contribution is 0.392. The number of benzene rings is 1. The molecule has 1 unspecified atom stereocenters. The lowest BCUT2D eigenvalue weighted by Gasteiger charge is -2.25. The van der Waals surface area contributed by atoms with Gasteiger partial charge in [0.2, 0.25) is 0 Å². The molecule has 2 aromatic heterocycles. The first kappa shape index (κ1) is 16.2. The SMILES string of the molecule is CN=C(NCc1cccc(-n2cncn2)c1)NC1CCc2ncnn2C1. The summed E-state index contributed by atoms with van der Waals surface area (Å²) in [5.41, 5.74) is 2.12. The van der Waals surface area contributed by atoms with Crippen LogP contribution >= 0.6 is 0 Å². The number of guanidine groups is 1. The molecule has 9 heteroatoms. The van der Waals surface area contributed by atoms with Gasteiger partial charge in [-0.2, -0.15) is 10.2 Å². The minimum Gasteiger partial charge on any atom is -0.352 e. The third-order valence-corrected chi connectivity index (χ3v) is 4.42. The Balaban J connectivity index is 1.35. The van der Waals surface area contributed by atoms with Crippen LogP contribution in [0.25, 0.3) is 5.69 Å². The molecular formula is C17H21N9. The minimum absolute atomic E-state index is 0.289. The van der Waals surface area contributed by atoms with Gasteiger partial charge in [-0.3, -0.25) is 4.99 Å². The number of hydrogen-bond acceptors (Lipinski definition) is 5. The van der Waals surface area contributed by atoms with E-state index in [-0.39, 0.29) is 6.04 Å². The fraction of sp³-hybridized carbons (Fsp3) is 0.353. The van der Waals surface area contributed by atoms with Crippen LogP contribution in [0.1, 0.15) is 17.8 Å². The highest BCUT2D eigenvalue weighted by atomic mass is 15.4. The number of rotatable bonds is 4. The van der Waals surface area contributed by atoms with E-state index < -0.39 is 0 Å². The van der Waals surface area contributed by atoms with Crippen molar-refractivity contribution in [1.82, 2.24) is 40.2 Å². The van der Waals surface area contributed by atoms with E-state index in [0.717, 1.165) is 42.4 Å². The second kappa shape index (κ2) is 7.34. The van der Waals surface area contributed by atoms with Crippen LogP contribution in [0.2, 0.25) is 0 Å². The maximum absolute atomic E-state index is 4.33. The molecule has 1 aliphatic heterocycles. The number of nitrogens with one attached hydrogen (secondary N) is 2. The van der Waals surface area contributed by atoms with Gasteiger partial charge >= 0.3 is 0 Å². The van der Waals surface area contributed by atoms with Crippen LogP contribution in [0.15, 0.2) is 48.2 Å². The zero-order valence-electron chi connectivity index (χ0n) is 14.6. The van der Waals surface area contributed by atoms with Crippen molar-refractivity contribution in [1.29, 1.82) is 0 Å². The third kappa shape index (κ3) is 3.56. The summed E-state index contributed by atoms with van der Waals surface area (Å²) in [6, 6.07) is 8.46. The Morgan fingerprint density at radius 3 is 3.12 bits per heavy atom. The van der Waals surface area contributed by atoms with Crippen molar-refractivity contribution in [3.05, 3.63) is 54.6 Å². The van der Waals surface area contributed by atoms with Crippen LogP contribution in [0.5, 0.6) is 0 Å². The van der Waals surface area contributed by atoms with Crippen LogP contribution in [0.4, 0.5) is 0 Å². The van der Waals surface area contributed by atoms with Crippen molar-refractivity contribution in [2.24, 2.45) is 4.99 Å². The number of hydrogen-bond donors (Lipinski definition) is 2. The number of fused-ring (bicyclic) bond motifs is 1. The molecule has 0 saturated carbocycles. The summed E-state index contributed by atoms with van der Waals surface area (Å²) in [5.74, 6) is 1.83. The molecule has 0 saturated heterocycles. The first-order valence-electron chi connectivity index (χ1n) is 8.59. The Bertz CT molecular complexity index is 881. The molecule has 26 heavy (non-hydrogen) atoms. The van der Waals surface area contributed by atoms with Crippen LogP contribution in [-0.4, -0.2) is 48.6 Å². The first-order chi connectivity index (χ1) is 12.8. The Kier molecular flexibility index (Phi) is 4.59. The Morgan fingerprint density at radius 1 is 1.31 bits per heavy atom. The van der Waals surface area contributed by atoms with Crippen molar-refractivity contribution in [2.45, 2.75) is 32.0 Å². The Hall–Kier alpha value is -3.23. The van der Waals surface area contributed by atoms with Gasteiger partial charge in [-0.25, -0.2) is 19.3 Å². The first-order valence-corrected chi connectivity index (χ1v) is 8.59. The molecule has 0 spiro atoms. The van der Waals surface area contributed by atoms with Crippen LogP contribution < -0.4 is 10.6 Å². The second-order valence-electron chi connectivity index (χ2n) is 6.17. The summed E-state index contributed by atoms with van der Waals surface area (Å²) in [5, 5.41) is 15.3. The molecular weight excluding hydrogens is 330 g/mol. The Morgan fingerprint density at radius 2 is 2.27 bits per heavy atom. The van der Waals surface area contributed by atoms with Gasteiger partial charge in [0.1, 0.15) is 24.8 Å². The van der Waals surface area contributed by atoms with Crippen LogP contribution in [0, 0.1) is 0 Å². The molecule has 1 atom stereocenters. The summed E-state index contributed by atoms with van der Waals surface area (Å²) in [6.45, 7) is 1.47. The molecule has 1 aliphatic rings. The van der Waals surface area contributed by atoms with Gasteiger partial charge in [-0.05, 0) is 24.1 Å². The van der Waals surface area contributed by atoms with Gasteiger partial charge in [-0.1, -0.05) is 12.1 Å². The fourth-order valence-electron chi connectivity index (χ4n) is 3.08. The van der Waals surface area contributed by atoms with E-state index in [4.69, 9.17) is 0 Å². The van der Waals surface area contributed by atoms with Gasteiger partial charge in [0, 0.05) is 26.1 Å². The van der Waals surface area contributed by atoms with E-state index in [1.807, 2.05) is 16.8 Å². The van der Waals surface area contributed by atoms with E-state index in [9.17, 15) is 0 Å². The van der Waals surface area contributed by atoms with Crippen LogP contribution in [-0.2, 0) is 19.5 Å². The monoisotopic (exact) mass is 351 g/mol. The van der Waals surface area contributed by atoms with E-state index in [1.165, 1.54) is 6.33 Å². The predicted octanol–water partition coefficient (Wildman–Crippen LogP) is 0.539. The molecule has 0 amide bonds. The van der Waals surface area contributed by atoms with Crippen molar-refractivity contribution >= 4 is 5.96 Å². The smallest absolute Gasteiger partial charge is 0.191 e. The highest BCUT2D eigenvalue weighted by molar-refractivity contribution is 5.80. The fourth-order valence-corrected chi connectivity index (χ4v) is 3.08. The third-order valence-electron chi connectivity index (χ3n) is 4.42. The molecule has 0 fully saturated rings. The molecule has 3 heterocycles. The van der Waals surface area contributed by atoms with Gasteiger partial charge in [0.05, 0.1) is 12.2 Å². The van der Waals surface area contributed by atoms with E-state index >= 15 is 0 Å². The van der Waals surface area contributed by atoms with Gasteiger partial charge < -0.3 is 10.6 Å². The normalized spacial score (nSPS) is 17.0. The minimum atomic E-state index is 0.289. The number of aryl methyl sites for hydroxylation is 1. The summed E-state index contributed by atoms with van der Waals surface area (Å²) in [4.78, 5) is 12.6. The average Bonchev–Trinajstić information content (AvgIpc) is 3.36. The summed E-state index contributed by atoms with van der Waals surface area (Å²) < 4.78 is 3.70. The maximum Gasteiger partial charge on any atom is 0.191 e. The molecule has 1 aromatic carbocycles. The largest absolute Gasteiger partial charge is 0.352 e. The number of aliphatic imine (C=N–C) groups is 1. The molecule has 0 radical (unpaired) electrons. The zero-order chi connectivity index (χ0) is 17.8. The van der Waals surface area contributed by atoms with Gasteiger partial charge in [-0.15, -0.1) is 0 Å². The predicted molar refractivity (Wildman–Crippen MR) is 96.8 cm³/mol. The zero-order valence-corrected chi connectivity index (χ0v) is 14.6.